The minimum Gasteiger partial charge on any atom is -0.500 e. The molecule has 0 aromatic carbocycles. The summed E-state index contributed by atoms with van der Waals surface area (Å²) in [4.78, 5) is 26.8. The Kier molecular flexibility index (Phi) is 4.32. The number of carbonyl (C=O) groups excluding carboxylic acids is 2. The van der Waals surface area contributed by atoms with Crippen LogP contribution in [0.1, 0.15) is 20.3 Å². The van der Waals surface area contributed by atoms with Crippen molar-refractivity contribution in [3.8, 4) is 6.07 Å². The quantitative estimate of drug-likeness (QED) is 0.402. The highest BCUT2D eigenvalue weighted by molar-refractivity contribution is 6.06. The third-order valence-electron chi connectivity index (χ3n) is 2.90. The summed E-state index contributed by atoms with van der Waals surface area (Å²) in [7, 11) is 0. The molecule has 0 aliphatic carbocycles. The number of ether oxygens (including phenoxy) is 1. The molecule has 0 atom stereocenters. The first kappa shape index (κ1) is 14.0. The molecule has 6 nitrogen and oxygen atoms in total. The molecule has 98 valence electrons. The molecule has 0 N–H and O–H groups in total. The smallest absolute Gasteiger partial charge is 0.327 e. The van der Waals surface area contributed by atoms with Crippen molar-refractivity contribution in [1.29, 1.82) is 5.26 Å². The molecule has 1 rings (SSSR count). The number of imide groups is 1. The first-order valence-electron chi connectivity index (χ1n) is 5.69. The Hall–Kier alpha value is -2.03. The number of urea groups is 1. The van der Waals surface area contributed by atoms with Crippen molar-refractivity contribution in [2.45, 2.75) is 25.8 Å². The molecular formula is C12H17N3O3. The third kappa shape index (κ3) is 2.45. The van der Waals surface area contributed by atoms with Crippen LogP contribution in [0.5, 0.6) is 0 Å². The molecule has 1 aliphatic rings. The molecule has 1 heterocycles. The number of amides is 3. The van der Waals surface area contributed by atoms with E-state index in [4.69, 9.17) is 10.00 Å². The molecule has 0 radical (unpaired) electrons. The second-order valence-corrected chi connectivity index (χ2v) is 4.40. The molecule has 0 aromatic heterocycles. The van der Waals surface area contributed by atoms with Crippen molar-refractivity contribution >= 4 is 11.9 Å². The Bertz CT molecular complexity index is 398. The van der Waals surface area contributed by atoms with Crippen molar-refractivity contribution in [3.63, 3.8) is 0 Å². The normalized spacial score (nSPS) is 17.8. The largest absolute Gasteiger partial charge is 0.500 e. The zero-order valence-corrected chi connectivity index (χ0v) is 10.7. The minimum absolute atomic E-state index is 0.191. The van der Waals surface area contributed by atoms with Crippen LogP contribution < -0.4 is 0 Å². The first-order chi connectivity index (χ1) is 8.46. The van der Waals surface area contributed by atoms with Crippen LogP contribution in [-0.4, -0.2) is 47.0 Å². The minimum atomic E-state index is -0.901. The van der Waals surface area contributed by atoms with E-state index in [1.807, 2.05) is 6.07 Å². The summed E-state index contributed by atoms with van der Waals surface area (Å²) in [5.74, 6) is -0.266. The van der Waals surface area contributed by atoms with Gasteiger partial charge in [-0.15, -0.1) is 0 Å². The van der Waals surface area contributed by atoms with Gasteiger partial charge in [0.2, 0.25) is 0 Å². The van der Waals surface area contributed by atoms with Crippen molar-refractivity contribution in [1.82, 2.24) is 9.80 Å². The van der Waals surface area contributed by atoms with Gasteiger partial charge in [0.15, 0.2) is 0 Å². The average Bonchev–Trinajstić information content (AvgIpc) is 2.48. The number of nitrogens with zero attached hydrogens (tertiary/aromatic N) is 3. The molecule has 0 spiro atoms. The summed E-state index contributed by atoms with van der Waals surface area (Å²) >= 11 is 0. The van der Waals surface area contributed by atoms with Crippen molar-refractivity contribution in [2.24, 2.45) is 0 Å². The van der Waals surface area contributed by atoms with Crippen LogP contribution in [0.25, 0.3) is 0 Å². The highest BCUT2D eigenvalue weighted by Crippen LogP contribution is 2.27. The van der Waals surface area contributed by atoms with Gasteiger partial charge in [0.1, 0.15) is 12.1 Å². The van der Waals surface area contributed by atoms with Gasteiger partial charge in [-0.3, -0.25) is 9.69 Å². The Morgan fingerprint density at radius 3 is 2.67 bits per heavy atom. The van der Waals surface area contributed by atoms with Crippen LogP contribution in [-0.2, 0) is 9.53 Å². The maximum absolute atomic E-state index is 12.1. The second-order valence-electron chi connectivity index (χ2n) is 4.40. The van der Waals surface area contributed by atoms with Gasteiger partial charge in [-0.25, -0.2) is 4.79 Å². The summed E-state index contributed by atoms with van der Waals surface area (Å²) in [6.07, 6.45) is 1.48. The first-order valence-corrected chi connectivity index (χ1v) is 5.69. The van der Waals surface area contributed by atoms with Gasteiger partial charge >= 0.3 is 6.03 Å². The van der Waals surface area contributed by atoms with Crippen molar-refractivity contribution in [3.05, 3.63) is 12.8 Å². The molecule has 3 amide bonds. The predicted molar refractivity (Wildman–Crippen MR) is 64.3 cm³/mol. The van der Waals surface area contributed by atoms with Crippen molar-refractivity contribution < 1.29 is 14.3 Å². The Morgan fingerprint density at radius 1 is 1.44 bits per heavy atom. The van der Waals surface area contributed by atoms with E-state index in [1.54, 1.807) is 13.8 Å². The van der Waals surface area contributed by atoms with Crippen LogP contribution in [0, 0.1) is 11.3 Å². The van der Waals surface area contributed by atoms with Gasteiger partial charge in [-0.1, -0.05) is 6.58 Å². The van der Waals surface area contributed by atoms with Crippen LogP contribution in [0.4, 0.5) is 4.79 Å². The van der Waals surface area contributed by atoms with Gasteiger partial charge in [-0.05, 0) is 13.8 Å². The van der Waals surface area contributed by atoms with Crippen LogP contribution in [0.2, 0.25) is 0 Å². The maximum atomic E-state index is 12.1. The van der Waals surface area contributed by atoms with E-state index in [0.29, 0.717) is 0 Å². The molecule has 1 aliphatic heterocycles. The molecule has 0 unspecified atom stereocenters. The highest BCUT2D eigenvalue weighted by atomic mass is 16.5. The average molecular weight is 251 g/mol. The summed E-state index contributed by atoms with van der Waals surface area (Å²) < 4.78 is 4.92. The number of hydrogen-bond donors (Lipinski definition) is 0. The van der Waals surface area contributed by atoms with E-state index < -0.39 is 5.54 Å². The number of hydrogen-bond acceptors (Lipinski definition) is 4. The van der Waals surface area contributed by atoms with E-state index in [-0.39, 0.29) is 38.1 Å². The van der Waals surface area contributed by atoms with Gasteiger partial charge in [-0.2, -0.15) is 5.26 Å². The molecule has 18 heavy (non-hydrogen) atoms. The number of nitriles is 1. The summed E-state index contributed by atoms with van der Waals surface area (Å²) in [5.41, 5.74) is -0.901. The van der Waals surface area contributed by atoms with E-state index in [0.717, 1.165) is 4.90 Å². The fourth-order valence-corrected chi connectivity index (χ4v) is 1.88. The highest BCUT2D eigenvalue weighted by Gasteiger charge is 2.50. The lowest BCUT2D eigenvalue weighted by Gasteiger charge is -2.26. The molecule has 0 bridgehead atoms. The molecule has 1 saturated heterocycles. The standard InChI is InChI=1S/C12H17N3O3/c1-4-18-9-8-14-10(16)12(2,3)15(11(14)17)7-5-6-13/h4H,1,5,7-9H2,2-3H3. The summed E-state index contributed by atoms with van der Waals surface area (Å²) in [6, 6.07) is 1.61. The Morgan fingerprint density at radius 2 is 2.11 bits per heavy atom. The van der Waals surface area contributed by atoms with E-state index in [2.05, 4.69) is 6.58 Å². The lowest BCUT2D eigenvalue weighted by atomic mass is 10.0. The van der Waals surface area contributed by atoms with Crippen LogP contribution in [0.15, 0.2) is 12.8 Å². The van der Waals surface area contributed by atoms with Crippen LogP contribution in [0.3, 0.4) is 0 Å². The van der Waals surface area contributed by atoms with Crippen molar-refractivity contribution in [2.75, 3.05) is 19.7 Å². The monoisotopic (exact) mass is 251 g/mol. The molecule has 1 fully saturated rings. The molecule has 0 aromatic rings. The van der Waals surface area contributed by atoms with E-state index in [1.165, 1.54) is 11.2 Å². The van der Waals surface area contributed by atoms with Crippen LogP contribution >= 0.6 is 0 Å². The van der Waals surface area contributed by atoms with E-state index >= 15 is 0 Å². The summed E-state index contributed by atoms with van der Waals surface area (Å²) in [6.45, 7) is 7.42. The lowest BCUT2D eigenvalue weighted by molar-refractivity contribution is -0.132. The van der Waals surface area contributed by atoms with Gasteiger partial charge in [0.25, 0.3) is 5.91 Å². The molecule has 6 heteroatoms. The zero-order chi connectivity index (χ0) is 13.8. The third-order valence-corrected chi connectivity index (χ3v) is 2.90. The fraction of sp³-hybridized carbons (Fsp3) is 0.583. The Labute approximate surface area is 106 Å². The Balaban J connectivity index is 2.78. The predicted octanol–water partition coefficient (Wildman–Crippen LogP) is 1.10. The molecule has 0 saturated carbocycles. The SMILES string of the molecule is C=COCCN1C(=O)N(CCC#N)C(C)(C)C1=O. The lowest BCUT2D eigenvalue weighted by Crippen LogP contribution is -2.44. The fourth-order valence-electron chi connectivity index (χ4n) is 1.88. The molecular weight excluding hydrogens is 234 g/mol. The summed E-state index contributed by atoms with van der Waals surface area (Å²) in [5, 5.41) is 8.57. The van der Waals surface area contributed by atoms with E-state index in [9.17, 15) is 9.59 Å². The number of rotatable bonds is 6. The topological polar surface area (TPSA) is 73.6 Å². The van der Waals surface area contributed by atoms with Gasteiger partial charge in [0.05, 0.1) is 25.3 Å². The van der Waals surface area contributed by atoms with Gasteiger partial charge < -0.3 is 9.64 Å². The maximum Gasteiger partial charge on any atom is 0.327 e. The van der Waals surface area contributed by atoms with Gasteiger partial charge in [0, 0.05) is 6.54 Å². The second kappa shape index (κ2) is 5.54. The number of carbonyl (C=O) groups is 2. The zero-order valence-electron chi connectivity index (χ0n) is 10.7.